The van der Waals surface area contributed by atoms with Crippen molar-refractivity contribution in [2.75, 3.05) is 12.9 Å². The van der Waals surface area contributed by atoms with Gasteiger partial charge in [0.05, 0.1) is 11.8 Å². The molecule has 10 heteroatoms. The van der Waals surface area contributed by atoms with Crippen LogP contribution in [0.2, 0.25) is 0 Å². The summed E-state index contributed by atoms with van der Waals surface area (Å²) in [4.78, 5) is 32.3. The first-order chi connectivity index (χ1) is 14.3. The molecule has 3 rings (SSSR count). The Balaban J connectivity index is 2.08. The Hall–Kier alpha value is -3.81. The number of carboxylic acid groups (broad SMARTS) is 1. The summed E-state index contributed by atoms with van der Waals surface area (Å²) < 4.78 is 31.9. The number of aromatic carboxylic acids is 1. The van der Waals surface area contributed by atoms with Crippen molar-refractivity contribution in [3.63, 3.8) is 0 Å². The minimum absolute atomic E-state index is 0.0205. The molecule has 0 atom stereocenters. The van der Waals surface area contributed by atoms with E-state index in [1.54, 1.807) is 30.3 Å². The monoisotopic (exact) mass is 426 g/mol. The van der Waals surface area contributed by atoms with Crippen molar-refractivity contribution >= 4 is 33.0 Å². The molecule has 1 aromatic carbocycles. The molecule has 0 saturated carbocycles. The third kappa shape index (κ3) is 4.96. The quantitative estimate of drug-likeness (QED) is 0.369. The van der Waals surface area contributed by atoms with Gasteiger partial charge in [0.1, 0.15) is 17.8 Å². The lowest BCUT2D eigenvalue weighted by molar-refractivity contribution is 0.0675. The highest BCUT2D eigenvalue weighted by molar-refractivity contribution is 7.86. The number of esters is 1. The number of hydrogen-bond donors (Lipinski definition) is 1. The zero-order chi connectivity index (χ0) is 21.7. The van der Waals surface area contributed by atoms with Crippen molar-refractivity contribution in [3.8, 4) is 17.6 Å². The molecule has 0 unspecified atom stereocenters. The number of hydrogen-bond acceptors (Lipinski definition) is 8. The lowest BCUT2D eigenvalue weighted by Gasteiger charge is -2.11. The van der Waals surface area contributed by atoms with Gasteiger partial charge in [0.2, 0.25) is 0 Å². The van der Waals surface area contributed by atoms with Crippen LogP contribution < -0.4 is 4.74 Å². The van der Waals surface area contributed by atoms with E-state index in [0.29, 0.717) is 5.39 Å². The number of nitrogens with zero attached hydrogens (tertiary/aromatic N) is 2. The van der Waals surface area contributed by atoms with Crippen LogP contribution in [0.1, 0.15) is 26.5 Å². The fraction of sp³-hybridized carbons (Fsp3) is 0.100. The van der Waals surface area contributed by atoms with Gasteiger partial charge in [-0.05, 0) is 30.2 Å². The molecule has 0 radical (unpaired) electrons. The average Bonchev–Trinajstić information content (AvgIpc) is 2.72. The maximum atomic E-state index is 12.5. The van der Waals surface area contributed by atoms with Gasteiger partial charge in [-0.2, -0.15) is 8.42 Å². The van der Waals surface area contributed by atoms with Gasteiger partial charge in [-0.25, -0.2) is 14.6 Å². The molecule has 30 heavy (non-hydrogen) atoms. The number of ether oxygens (including phenoxy) is 1. The molecule has 152 valence electrons. The number of carbonyl (C=O) groups excluding carboxylic acids is 1. The van der Waals surface area contributed by atoms with Crippen LogP contribution in [0.4, 0.5) is 0 Å². The lowest BCUT2D eigenvalue weighted by Crippen LogP contribution is -2.14. The predicted molar refractivity (Wildman–Crippen MR) is 106 cm³/mol. The Morgan fingerprint density at radius 3 is 2.53 bits per heavy atom. The Labute approximate surface area is 171 Å². The zero-order valence-electron chi connectivity index (χ0n) is 15.5. The third-order valence-electron chi connectivity index (χ3n) is 3.68. The normalized spacial score (nSPS) is 10.8. The predicted octanol–water partition coefficient (Wildman–Crippen LogP) is 1.87. The van der Waals surface area contributed by atoms with Gasteiger partial charge in [-0.3, -0.25) is 9.17 Å². The maximum absolute atomic E-state index is 12.5. The molecule has 0 saturated heterocycles. The van der Waals surface area contributed by atoms with Crippen LogP contribution in [0.3, 0.4) is 0 Å². The van der Waals surface area contributed by atoms with Gasteiger partial charge in [0, 0.05) is 11.6 Å². The van der Waals surface area contributed by atoms with Gasteiger partial charge >= 0.3 is 11.9 Å². The average molecular weight is 426 g/mol. The van der Waals surface area contributed by atoms with Crippen molar-refractivity contribution in [1.29, 1.82) is 0 Å². The van der Waals surface area contributed by atoms with Crippen molar-refractivity contribution in [2.45, 2.75) is 0 Å². The van der Waals surface area contributed by atoms with E-state index in [-0.39, 0.29) is 22.5 Å². The molecule has 3 aromatic rings. The number of rotatable bonds is 5. The molecule has 0 amide bonds. The Bertz CT molecular complexity index is 1290. The number of aromatic nitrogens is 2. The summed E-state index contributed by atoms with van der Waals surface area (Å²) in [7, 11) is -3.68. The number of fused-ring (bicyclic) bond motifs is 1. The van der Waals surface area contributed by atoms with Gasteiger partial charge in [0.15, 0.2) is 11.4 Å². The number of benzene rings is 1. The topological polar surface area (TPSA) is 133 Å². The summed E-state index contributed by atoms with van der Waals surface area (Å²) in [5.74, 6) is 2.50. The van der Waals surface area contributed by atoms with Crippen molar-refractivity contribution in [1.82, 2.24) is 9.97 Å². The van der Waals surface area contributed by atoms with Crippen LogP contribution in [0.5, 0.6) is 5.75 Å². The van der Waals surface area contributed by atoms with Gasteiger partial charge in [0.25, 0.3) is 10.1 Å². The molecule has 9 nitrogen and oxygen atoms in total. The first-order valence-corrected chi connectivity index (χ1v) is 10.2. The minimum atomic E-state index is -3.68. The molecule has 0 aliphatic heterocycles. The number of carboxylic acids is 1. The second-order valence-electron chi connectivity index (χ2n) is 5.87. The fourth-order valence-electron chi connectivity index (χ4n) is 2.43. The van der Waals surface area contributed by atoms with Gasteiger partial charge in [-0.15, -0.1) is 0 Å². The lowest BCUT2D eigenvalue weighted by atomic mass is 10.1. The summed E-state index contributed by atoms with van der Waals surface area (Å²) in [6.07, 6.45) is 2.28. The summed E-state index contributed by atoms with van der Waals surface area (Å²) in [5, 5.41) is 9.90. The van der Waals surface area contributed by atoms with E-state index < -0.39 is 34.4 Å². The highest BCUT2D eigenvalue weighted by atomic mass is 32.2. The smallest absolute Gasteiger partial charge is 0.358 e. The van der Waals surface area contributed by atoms with E-state index in [4.69, 9.17) is 4.74 Å². The Kier molecular flexibility index (Phi) is 6.06. The van der Waals surface area contributed by atoms with Crippen LogP contribution >= 0.6 is 0 Å². The molecule has 0 bridgehead atoms. The largest absolute Gasteiger partial charge is 0.476 e. The first kappa shape index (κ1) is 20.9. The third-order valence-corrected chi connectivity index (χ3v) is 4.22. The van der Waals surface area contributed by atoms with E-state index >= 15 is 0 Å². The second-order valence-corrected chi connectivity index (χ2v) is 7.51. The van der Waals surface area contributed by atoms with Crippen LogP contribution in [0.25, 0.3) is 10.9 Å². The van der Waals surface area contributed by atoms with E-state index in [9.17, 15) is 23.1 Å². The molecule has 1 N–H and O–H groups in total. The maximum Gasteiger partial charge on any atom is 0.358 e. The molecule has 0 fully saturated rings. The standard InChI is InChI=1S/C20H14N2O7S/c1-30(26,27)28-12-6-10-15-14-9-5-11-21-16(14)18(17(22-15)19(23)24)29-20(25)13-7-3-2-4-8-13/h2-5,7-9,11H,12H2,1H3,(H,23,24). The summed E-state index contributed by atoms with van der Waals surface area (Å²) >= 11 is 0. The fourth-order valence-corrected chi connectivity index (χ4v) is 2.70. The van der Waals surface area contributed by atoms with Gasteiger partial charge in [-0.1, -0.05) is 24.1 Å². The Morgan fingerprint density at radius 2 is 1.87 bits per heavy atom. The summed E-state index contributed by atoms with van der Waals surface area (Å²) in [6, 6.07) is 11.2. The molecule has 2 heterocycles. The highest BCUT2D eigenvalue weighted by Gasteiger charge is 2.23. The SMILES string of the molecule is CS(=O)(=O)OCC#Cc1nc(C(=O)O)c(OC(=O)c2ccccc2)c2ncccc12. The number of pyridine rings is 2. The highest BCUT2D eigenvalue weighted by Crippen LogP contribution is 2.29. The Morgan fingerprint density at radius 1 is 1.13 bits per heavy atom. The van der Waals surface area contributed by atoms with E-state index in [2.05, 4.69) is 26.0 Å². The second kappa shape index (κ2) is 8.69. The summed E-state index contributed by atoms with van der Waals surface area (Å²) in [6.45, 7) is -0.435. The molecular formula is C20H14N2O7S. The van der Waals surface area contributed by atoms with Crippen LogP contribution in [0.15, 0.2) is 48.7 Å². The van der Waals surface area contributed by atoms with E-state index in [0.717, 1.165) is 6.26 Å². The van der Waals surface area contributed by atoms with Crippen LogP contribution in [-0.4, -0.2) is 48.3 Å². The van der Waals surface area contributed by atoms with Crippen LogP contribution in [-0.2, 0) is 14.3 Å². The van der Waals surface area contributed by atoms with Crippen LogP contribution in [0, 0.1) is 11.8 Å². The molecule has 0 aliphatic carbocycles. The van der Waals surface area contributed by atoms with Crippen molar-refractivity contribution in [2.24, 2.45) is 0 Å². The molecule has 0 aliphatic rings. The zero-order valence-corrected chi connectivity index (χ0v) is 16.3. The molecular weight excluding hydrogens is 412 g/mol. The first-order valence-electron chi connectivity index (χ1n) is 8.39. The minimum Gasteiger partial charge on any atom is -0.476 e. The molecule has 2 aromatic heterocycles. The molecule has 0 spiro atoms. The van der Waals surface area contributed by atoms with Crippen molar-refractivity contribution < 1.29 is 32.0 Å². The van der Waals surface area contributed by atoms with E-state index in [1.165, 1.54) is 18.3 Å². The van der Waals surface area contributed by atoms with Crippen molar-refractivity contribution in [3.05, 3.63) is 65.6 Å². The summed E-state index contributed by atoms with van der Waals surface area (Å²) in [5.41, 5.74) is -0.242. The number of carbonyl (C=O) groups is 2. The van der Waals surface area contributed by atoms with Gasteiger partial charge < -0.3 is 9.84 Å². The van der Waals surface area contributed by atoms with E-state index in [1.807, 2.05) is 0 Å².